The fourth-order valence-corrected chi connectivity index (χ4v) is 5.37. The lowest BCUT2D eigenvalue weighted by Crippen LogP contribution is -2.28. The van der Waals surface area contributed by atoms with Crippen LogP contribution in [-0.2, 0) is 11.3 Å². The van der Waals surface area contributed by atoms with Gasteiger partial charge in [-0.15, -0.1) is 0 Å². The molecule has 7 nitrogen and oxygen atoms in total. The number of nitrogens with zero attached hydrogens (tertiary/aromatic N) is 6. The Bertz CT molecular complexity index is 1490. The maximum Gasteiger partial charge on any atom is 0.230 e. The molecule has 0 aliphatic carbocycles. The topological polar surface area (TPSA) is 70.1 Å². The zero-order chi connectivity index (χ0) is 24.8. The summed E-state index contributed by atoms with van der Waals surface area (Å²) >= 11 is 0. The second kappa shape index (κ2) is 8.81. The number of fused-ring (bicyclic) bond motifs is 5. The molecule has 0 bridgehead atoms. The predicted octanol–water partition coefficient (Wildman–Crippen LogP) is 4.55. The molecule has 2 aromatic carbocycles. The van der Waals surface area contributed by atoms with Crippen LogP contribution < -0.4 is 4.90 Å². The predicted molar refractivity (Wildman–Crippen MR) is 140 cm³/mol. The Labute approximate surface area is 210 Å². The number of hydrogen-bond acceptors (Lipinski definition) is 4. The molecule has 0 saturated carbocycles. The molecule has 1 amide bonds. The molecule has 1 fully saturated rings. The summed E-state index contributed by atoms with van der Waals surface area (Å²) in [5.41, 5.74) is 7.05. The van der Waals surface area contributed by atoms with Gasteiger partial charge in [0.1, 0.15) is 0 Å². The van der Waals surface area contributed by atoms with Crippen LogP contribution in [0.15, 0.2) is 67.1 Å². The minimum Gasteiger partial charge on any atom is -0.340 e. The van der Waals surface area contributed by atoms with Crippen molar-refractivity contribution in [3.8, 4) is 34.4 Å². The van der Waals surface area contributed by atoms with Crippen LogP contribution in [0, 0.1) is 17.2 Å². The van der Waals surface area contributed by atoms with E-state index in [0.29, 0.717) is 12.1 Å². The number of aromatic nitrogens is 3. The Morgan fingerprint density at radius 1 is 1.11 bits per heavy atom. The molecule has 2 aromatic heterocycles. The van der Waals surface area contributed by atoms with Gasteiger partial charge in [-0.1, -0.05) is 12.1 Å². The highest BCUT2D eigenvalue weighted by Gasteiger charge is 2.33. The van der Waals surface area contributed by atoms with Crippen molar-refractivity contribution in [3.05, 3.63) is 78.2 Å². The largest absolute Gasteiger partial charge is 0.340 e. The van der Waals surface area contributed by atoms with Gasteiger partial charge >= 0.3 is 0 Å². The van der Waals surface area contributed by atoms with E-state index in [1.807, 2.05) is 41.6 Å². The summed E-state index contributed by atoms with van der Waals surface area (Å²) in [6, 6.07) is 18.4. The first-order valence-corrected chi connectivity index (χ1v) is 12.4. The molecule has 180 valence electrons. The summed E-state index contributed by atoms with van der Waals surface area (Å²) in [6.45, 7) is 2.38. The Hall–Kier alpha value is -4.15. The van der Waals surface area contributed by atoms with Gasteiger partial charge in [0.2, 0.25) is 5.91 Å². The molecule has 0 N–H and O–H groups in total. The first kappa shape index (κ1) is 22.3. The number of anilines is 1. The molecule has 4 heterocycles. The molecule has 1 atom stereocenters. The maximum absolute atomic E-state index is 13.2. The van der Waals surface area contributed by atoms with Gasteiger partial charge in [0, 0.05) is 48.8 Å². The van der Waals surface area contributed by atoms with E-state index in [0.717, 1.165) is 65.5 Å². The maximum atomic E-state index is 13.2. The van der Waals surface area contributed by atoms with E-state index < -0.39 is 0 Å². The lowest BCUT2D eigenvalue weighted by Gasteiger charge is -2.20. The number of hydrogen-bond donors (Lipinski definition) is 0. The first-order chi connectivity index (χ1) is 17.5. The van der Waals surface area contributed by atoms with E-state index in [9.17, 15) is 4.79 Å². The smallest absolute Gasteiger partial charge is 0.230 e. The fourth-order valence-electron chi connectivity index (χ4n) is 5.37. The van der Waals surface area contributed by atoms with Crippen molar-refractivity contribution in [3.63, 3.8) is 0 Å². The molecule has 4 aromatic rings. The van der Waals surface area contributed by atoms with Crippen molar-refractivity contribution in [2.75, 3.05) is 32.1 Å². The average molecular weight is 477 g/mol. The summed E-state index contributed by atoms with van der Waals surface area (Å²) in [7, 11) is 4.10. The van der Waals surface area contributed by atoms with E-state index in [1.165, 1.54) is 0 Å². The molecule has 2 aliphatic heterocycles. The van der Waals surface area contributed by atoms with E-state index in [-0.39, 0.29) is 11.8 Å². The monoisotopic (exact) mass is 476 g/mol. The highest BCUT2D eigenvalue weighted by Crippen LogP contribution is 2.36. The van der Waals surface area contributed by atoms with Crippen molar-refractivity contribution in [1.82, 2.24) is 19.0 Å². The Morgan fingerprint density at radius 3 is 2.72 bits per heavy atom. The minimum absolute atomic E-state index is 0.0949. The third-order valence-corrected chi connectivity index (χ3v) is 7.33. The van der Waals surface area contributed by atoms with Crippen LogP contribution in [0.4, 0.5) is 5.69 Å². The molecule has 1 saturated heterocycles. The molecule has 7 heteroatoms. The summed E-state index contributed by atoms with van der Waals surface area (Å²) in [5, 5.41) is 9.13. The van der Waals surface area contributed by atoms with E-state index in [2.05, 4.69) is 69.6 Å². The number of amides is 1. The minimum atomic E-state index is 0.0949. The molecule has 6 rings (SSSR count). The number of carbonyl (C=O) groups is 1. The van der Waals surface area contributed by atoms with E-state index in [4.69, 9.17) is 5.26 Å². The van der Waals surface area contributed by atoms with Gasteiger partial charge < -0.3 is 14.4 Å². The summed E-state index contributed by atoms with van der Waals surface area (Å²) in [6.07, 6.45) is 7.78. The van der Waals surface area contributed by atoms with Gasteiger partial charge in [-0.2, -0.15) is 5.26 Å². The van der Waals surface area contributed by atoms with Gasteiger partial charge in [0.05, 0.1) is 23.0 Å². The third kappa shape index (κ3) is 3.80. The lowest BCUT2D eigenvalue weighted by molar-refractivity contribution is -0.120. The molecule has 0 radical (unpaired) electrons. The second-order valence-corrected chi connectivity index (χ2v) is 9.93. The Balaban J connectivity index is 1.35. The molecular weight excluding hydrogens is 448 g/mol. The van der Waals surface area contributed by atoms with Gasteiger partial charge in [0.15, 0.2) is 5.82 Å². The Morgan fingerprint density at radius 2 is 1.94 bits per heavy atom. The van der Waals surface area contributed by atoms with Crippen LogP contribution in [0.5, 0.6) is 0 Å². The molecule has 0 spiro atoms. The zero-order valence-electron chi connectivity index (χ0n) is 20.6. The standard InChI is InChI=1S/C29H28N6O/c1-32(2)12-9-22-10-13-34(29(22)36)25-7-8-26-24(15-25)19-33-18-23(21-5-3-20(17-30)4-6-21)16-27(33)28-31-11-14-35(26)28/h3-8,11,14-16,18,22H,9-10,12-13,19H2,1-2H3. The van der Waals surface area contributed by atoms with Crippen LogP contribution in [0.2, 0.25) is 0 Å². The van der Waals surface area contributed by atoms with Crippen LogP contribution in [0.1, 0.15) is 24.0 Å². The van der Waals surface area contributed by atoms with E-state index >= 15 is 0 Å². The van der Waals surface area contributed by atoms with Crippen LogP contribution in [0.25, 0.3) is 28.3 Å². The molecule has 36 heavy (non-hydrogen) atoms. The number of benzene rings is 2. The highest BCUT2D eigenvalue weighted by molar-refractivity contribution is 5.97. The Kier molecular flexibility index (Phi) is 5.46. The number of nitriles is 1. The fraction of sp³-hybridized carbons (Fsp3) is 0.276. The van der Waals surface area contributed by atoms with Crippen molar-refractivity contribution in [2.24, 2.45) is 5.92 Å². The number of rotatable bonds is 5. The van der Waals surface area contributed by atoms with Crippen molar-refractivity contribution >= 4 is 11.6 Å². The number of carbonyl (C=O) groups excluding carboxylic acids is 1. The average Bonchev–Trinajstić information content (AvgIpc) is 3.60. The highest BCUT2D eigenvalue weighted by atomic mass is 16.2. The van der Waals surface area contributed by atoms with Gasteiger partial charge in [0.25, 0.3) is 0 Å². The van der Waals surface area contributed by atoms with Crippen molar-refractivity contribution in [2.45, 2.75) is 19.4 Å². The van der Waals surface area contributed by atoms with E-state index in [1.54, 1.807) is 0 Å². The first-order valence-electron chi connectivity index (χ1n) is 12.4. The lowest BCUT2D eigenvalue weighted by atomic mass is 10.0. The van der Waals surface area contributed by atoms with Gasteiger partial charge in [-0.05, 0) is 81.0 Å². The third-order valence-electron chi connectivity index (χ3n) is 7.33. The van der Waals surface area contributed by atoms with Gasteiger partial charge in [-0.25, -0.2) is 4.98 Å². The quantitative estimate of drug-likeness (QED) is 0.373. The molecular formula is C29H28N6O. The summed E-state index contributed by atoms with van der Waals surface area (Å²) in [5.74, 6) is 1.22. The zero-order valence-corrected chi connectivity index (χ0v) is 20.6. The molecule has 2 aliphatic rings. The normalized spacial score (nSPS) is 16.4. The van der Waals surface area contributed by atoms with Gasteiger partial charge in [-0.3, -0.25) is 9.36 Å². The SMILES string of the molecule is CN(C)CCC1CCN(c2ccc3c(c2)Cn2cc(-c4ccc(C#N)cc4)cc2-c2nccn2-3)C1=O. The summed E-state index contributed by atoms with van der Waals surface area (Å²) < 4.78 is 4.36. The second-order valence-electron chi connectivity index (χ2n) is 9.93. The van der Waals surface area contributed by atoms with Crippen LogP contribution in [0.3, 0.4) is 0 Å². The van der Waals surface area contributed by atoms with Crippen LogP contribution >= 0.6 is 0 Å². The molecule has 1 unspecified atom stereocenters. The van der Waals surface area contributed by atoms with Crippen molar-refractivity contribution < 1.29 is 4.79 Å². The number of imidazole rings is 1. The summed E-state index contributed by atoms with van der Waals surface area (Å²) in [4.78, 5) is 22.0. The van der Waals surface area contributed by atoms with Crippen LogP contribution in [-0.4, -0.2) is 52.1 Å². The van der Waals surface area contributed by atoms with Crippen molar-refractivity contribution in [1.29, 1.82) is 5.26 Å².